The normalized spacial score (nSPS) is 14.6. The maximum absolute atomic E-state index is 12.6. The van der Waals surface area contributed by atoms with Gasteiger partial charge in [-0.1, -0.05) is 67.8 Å². The topological polar surface area (TPSA) is 58.2 Å². The molecule has 0 heterocycles. The van der Waals surface area contributed by atoms with E-state index in [1.807, 2.05) is 54.6 Å². The van der Waals surface area contributed by atoms with Crippen molar-refractivity contribution in [2.75, 3.05) is 6.54 Å². The summed E-state index contributed by atoms with van der Waals surface area (Å²) in [7, 11) is 0. The Morgan fingerprint density at radius 1 is 0.885 bits per heavy atom. The van der Waals surface area contributed by atoms with Gasteiger partial charge in [-0.2, -0.15) is 0 Å². The zero-order valence-corrected chi connectivity index (χ0v) is 15.0. The van der Waals surface area contributed by atoms with Gasteiger partial charge in [0.05, 0.1) is 0 Å². The van der Waals surface area contributed by atoms with E-state index in [-0.39, 0.29) is 11.8 Å². The molecule has 0 spiro atoms. The molecule has 136 valence electrons. The number of hydrogen-bond donors (Lipinski definition) is 2. The second-order valence-corrected chi connectivity index (χ2v) is 6.82. The zero-order chi connectivity index (χ0) is 18.2. The lowest BCUT2D eigenvalue weighted by Gasteiger charge is -2.22. The first-order valence-corrected chi connectivity index (χ1v) is 9.46. The van der Waals surface area contributed by atoms with Gasteiger partial charge in [-0.3, -0.25) is 9.59 Å². The minimum absolute atomic E-state index is 0.0218. The molecule has 4 nitrogen and oxygen atoms in total. The quantitative estimate of drug-likeness (QED) is 0.829. The number of carbonyl (C=O) groups is 2. The van der Waals surface area contributed by atoms with Crippen LogP contribution >= 0.6 is 0 Å². The Hall–Kier alpha value is -2.62. The standard InChI is InChI=1S/C22H26N2O2/c25-21(24-18-11-5-2-6-12-18)15-16-23-22(26)20-14-8-7-13-19(20)17-9-3-1-4-10-17/h1,3-4,7-10,13-14,18H,2,5-6,11-12,15-16H2,(H,23,26)(H,24,25). The molecule has 26 heavy (non-hydrogen) atoms. The lowest BCUT2D eigenvalue weighted by Crippen LogP contribution is -2.38. The monoisotopic (exact) mass is 350 g/mol. The van der Waals surface area contributed by atoms with Crippen LogP contribution in [0.3, 0.4) is 0 Å². The average molecular weight is 350 g/mol. The summed E-state index contributed by atoms with van der Waals surface area (Å²) in [6, 6.07) is 17.7. The number of hydrogen-bond acceptors (Lipinski definition) is 2. The molecule has 1 fully saturated rings. The number of rotatable bonds is 6. The molecule has 1 saturated carbocycles. The van der Waals surface area contributed by atoms with E-state index in [9.17, 15) is 9.59 Å². The summed E-state index contributed by atoms with van der Waals surface area (Å²) in [6.45, 7) is 0.348. The van der Waals surface area contributed by atoms with Crippen LogP contribution in [0.5, 0.6) is 0 Å². The Balaban J connectivity index is 1.53. The molecular weight excluding hydrogens is 324 g/mol. The van der Waals surface area contributed by atoms with Gasteiger partial charge in [0.15, 0.2) is 0 Å². The molecular formula is C22H26N2O2. The van der Waals surface area contributed by atoms with Gasteiger partial charge in [-0.15, -0.1) is 0 Å². The first-order chi connectivity index (χ1) is 12.7. The van der Waals surface area contributed by atoms with Crippen molar-refractivity contribution in [3.05, 3.63) is 60.2 Å². The van der Waals surface area contributed by atoms with Crippen molar-refractivity contribution in [3.63, 3.8) is 0 Å². The molecule has 2 N–H and O–H groups in total. The van der Waals surface area contributed by atoms with Crippen molar-refractivity contribution in [1.29, 1.82) is 0 Å². The van der Waals surface area contributed by atoms with Crippen LogP contribution in [-0.4, -0.2) is 24.4 Å². The highest BCUT2D eigenvalue weighted by atomic mass is 16.2. The zero-order valence-electron chi connectivity index (χ0n) is 15.0. The Morgan fingerprint density at radius 2 is 1.58 bits per heavy atom. The van der Waals surface area contributed by atoms with E-state index in [1.165, 1.54) is 19.3 Å². The van der Waals surface area contributed by atoms with Gasteiger partial charge in [-0.25, -0.2) is 0 Å². The van der Waals surface area contributed by atoms with Crippen LogP contribution in [0.2, 0.25) is 0 Å². The van der Waals surface area contributed by atoms with Gasteiger partial charge in [0.25, 0.3) is 5.91 Å². The Kier molecular flexibility index (Phi) is 6.42. The second-order valence-electron chi connectivity index (χ2n) is 6.82. The van der Waals surface area contributed by atoms with E-state index in [2.05, 4.69) is 10.6 Å². The van der Waals surface area contributed by atoms with Gasteiger partial charge in [-0.05, 0) is 30.0 Å². The lowest BCUT2D eigenvalue weighted by molar-refractivity contribution is -0.121. The lowest BCUT2D eigenvalue weighted by atomic mass is 9.95. The molecule has 1 aliphatic carbocycles. The van der Waals surface area contributed by atoms with Gasteiger partial charge >= 0.3 is 0 Å². The van der Waals surface area contributed by atoms with E-state index in [4.69, 9.17) is 0 Å². The molecule has 0 bridgehead atoms. The number of nitrogens with one attached hydrogen (secondary N) is 2. The highest BCUT2D eigenvalue weighted by molar-refractivity contribution is 6.01. The van der Waals surface area contributed by atoms with Crippen LogP contribution in [0.1, 0.15) is 48.9 Å². The summed E-state index contributed by atoms with van der Waals surface area (Å²) < 4.78 is 0. The number of benzene rings is 2. The van der Waals surface area contributed by atoms with Crippen LogP contribution in [0.25, 0.3) is 11.1 Å². The molecule has 1 aliphatic rings. The van der Waals surface area contributed by atoms with E-state index in [1.54, 1.807) is 0 Å². The van der Waals surface area contributed by atoms with Crippen molar-refractivity contribution in [2.24, 2.45) is 0 Å². The molecule has 0 saturated heterocycles. The molecule has 0 aromatic heterocycles. The van der Waals surface area contributed by atoms with Gasteiger partial charge < -0.3 is 10.6 Å². The van der Waals surface area contributed by atoms with Crippen molar-refractivity contribution in [3.8, 4) is 11.1 Å². The fraction of sp³-hybridized carbons (Fsp3) is 0.364. The molecule has 3 rings (SSSR count). The van der Waals surface area contributed by atoms with E-state index >= 15 is 0 Å². The highest BCUT2D eigenvalue weighted by Gasteiger charge is 2.16. The number of amides is 2. The smallest absolute Gasteiger partial charge is 0.251 e. The minimum atomic E-state index is -0.144. The largest absolute Gasteiger partial charge is 0.353 e. The van der Waals surface area contributed by atoms with Gasteiger partial charge in [0, 0.05) is 24.6 Å². The minimum Gasteiger partial charge on any atom is -0.353 e. The molecule has 2 aromatic carbocycles. The van der Waals surface area contributed by atoms with Crippen molar-refractivity contribution < 1.29 is 9.59 Å². The van der Waals surface area contributed by atoms with Crippen molar-refractivity contribution >= 4 is 11.8 Å². The predicted molar refractivity (Wildman–Crippen MR) is 104 cm³/mol. The summed E-state index contributed by atoms with van der Waals surface area (Å²) >= 11 is 0. The van der Waals surface area contributed by atoms with Crippen LogP contribution in [0.15, 0.2) is 54.6 Å². The fourth-order valence-corrected chi connectivity index (χ4v) is 3.48. The van der Waals surface area contributed by atoms with Crippen LogP contribution < -0.4 is 10.6 Å². The third kappa shape index (κ3) is 4.94. The van der Waals surface area contributed by atoms with Crippen molar-refractivity contribution in [2.45, 2.75) is 44.6 Å². The fourth-order valence-electron chi connectivity index (χ4n) is 3.48. The maximum atomic E-state index is 12.6. The predicted octanol–water partition coefficient (Wildman–Crippen LogP) is 3.92. The van der Waals surface area contributed by atoms with Gasteiger partial charge in [0.1, 0.15) is 0 Å². The molecule has 2 amide bonds. The van der Waals surface area contributed by atoms with Crippen LogP contribution in [0, 0.1) is 0 Å². The van der Waals surface area contributed by atoms with E-state index in [0.717, 1.165) is 24.0 Å². The summed E-state index contributed by atoms with van der Waals surface area (Å²) in [5.74, 6) is -0.122. The summed E-state index contributed by atoms with van der Waals surface area (Å²) in [4.78, 5) is 24.6. The Bertz CT molecular complexity index is 737. The number of carbonyl (C=O) groups excluding carboxylic acids is 2. The van der Waals surface area contributed by atoms with Crippen molar-refractivity contribution in [1.82, 2.24) is 10.6 Å². The molecule has 0 atom stereocenters. The summed E-state index contributed by atoms with van der Waals surface area (Å²) in [5, 5.41) is 5.96. The summed E-state index contributed by atoms with van der Waals surface area (Å²) in [5.41, 5.74) is 2.54. The third-order valence-electron chi connectivity index (χ3n) is 4.86. The summed E-state index contributed by atoms with van der Waals surface area (Å²) in [6.07, 6.45) is 6.11. The SMILES string of the molecule is O=C(CCNC(=O)c1ccccc1-c1ccccc1)NC1CCCCC1. The van der Waals surface area contributed by atoms with Gasteiger partial charge in [0.2, 0.25) is 5.91 Å². The molecule has 0 radical (unpaired) electrons. The van der Waals surface area contributed by atoms with Crippen LogP contribution in [-0.2, 0) is 4.79 Å². The Labute approximate surface area is 155 Å². The van der Waals surface area contributed by atoms with E-state index < -0.39 is 0 Å². The maximum Gasteiger partial charge on any atom is 0.251 e. The third-order valence-corrected chi connectivity index (χ3v) is 4.86. The average Bonchev–Trinajstić information content (AvgIpc) is 2.69. The first-order valence-electron chi connectivity index (χ1n) is 9.46. The molecule has 0 unspecified atom stereocenters. The molecule has 4 heteroatoms. The molecule has 0 aliphatic heterocycles. The first kappa shape index (κ1) is 18.2. The molecule has 2 aromatic rings. The van der Waals surface area contributed by atoms with E-state index in [0.29, 0.717) is 24.6 Å². The second kappa shape index (κ2) is 9.18. The Morgan fingerprint density at radius 3 is 2.35 bits per heavy atom. The van der Waals surface area contributed by atoms with Crippen LogP contribution in [0.4, 0.5) is 0 Å². The highest BCUT2D eigenvalue weighted by Crippen LogP contribution is 2.23.